The van der Waals surface area contributed by atoms with E-state index in [9.17, 15) is 4.79 Å². The van der Waals surface area contributed by atoms with Gasteiger partial charge in [-0.1, -0.05) is 60.7 Å². The predicted molar refractivity (Wildman–Crippen MR) is 93.9 cm³/mol. The number of nitrogens with one attached hydrogen (secondary N) is 1. The molecule has 0 atom stereocenters. The number of thioether (sulfide) groups is 1. The van der Waals surface area contributed by atoms with Crippen LogP contribution in [0.1, 0.15) is 25.8 Å². The summed E-state index contributed by atoms with van der Waals surface area (Å²) in [5.41, 5.74) is 1.09. The zero-order valence-electron chi connectivity index (χ0n) is 12.5. The lowest BCUT2D eigenvalue weighted by atomic mass is 10.1. The summed E-state index contributed by atoms with van der Waals surface area (Å²) >= 11 is 8.92. The summed E-state index contributed by atoms with van der Waals surface area (Å²) in [5, 5.41) is 12.1. The normalized spacial score (nSPS) is 10.9. The molecule has 118 valence electrons. The van der Waals surface area contributed by atoms with Crippen LogP contribution in [0.4, 0.5) is 5.13 Å². The van der Waals surface area contributed by atoms with Crippen molar-refractivity contribution < 1.29 is 4.79 Å². The van der Waals surface area contributed by atoms with Gasteiger partial charge in [0.25, 0.3) is 0 Å². The van der Waals surface area contributed by atoms with Gasteiger partial charge in [-0.3, -0.25) is 4.79 Å². The zero-order valence-corrected chi connectivity index (χ0v) is 14.9. The second kappa shape index (κ2) is 8.50. The van der Waals surface area contributed by atoms with Gasteiger partial charge in [0.2, 0.25) is 11.0 Å². The van der Waals surface area contributed by atoms with E-state index >= 15 is 0 Å². The molecule has 1 heterocycles. The topological polar surface area (TPSA) is 54.9 Å². The summed E-state index contributed by atoms with van der Waals surface area (Å²) in [6.45, 7) is 4.32. The molecule has 1 amide bonds. The van der Waals surface area contributed by atoms with Crippen molar-refractivity contribution in [3.8, 4) is 0 Å². The molecule has 0 aliphatic rings. The molecule has 1 aromatic heterocycles. The number of carbonyl (C=O) groups excluding carboxylic acids is 1. The first kappa shape index (κ1) is 17.2. The lowest BCUT2D eigenvalue weighted by Crippen LogP contribution is -2.12. The average molecular weight is 356 g/mol. The number of anilines is 1. The Morgan fingerprint density at radius 1 is 1.32 bits per heavy atom. The summed E-state index contributed by atoms with van der Waals surface area (Å²) in [7, 11) is 0. The second-order valence-electron chi connectivity index (χ2n) is 5.25. The minimum Gasteiger partial charge on any atom is -0.300 e. The van der Waals surface area contributed by atoms with Crippen molar-refractivity contribution in [2.45, 2.75) is 31.0 Å². The van der Waals surface area contributed by atoms with Crippen molar-refractivity contribution in [2.24, 2.45) is 5.92 Å². The van der Waals surface area contributed by atoms with E-state index in [0.717, 1.165) is 15.7 Å². The molecule has 0 aliphatic heterocycles. The van der Waals surface area contributed by atoms with Crippen molar-refractivity contribution in [3.63, 3.8) is 0 Å². The van der Waals surface area contributed by atoms with Crippen LogP contribution in [-0.4, -0.2) is 21.9 Å². The molecule has 2 aromatic rings. The number of amides is 1. The minimum absolute atomic E-state index is 0.0495. The maximum absolute atomic E-state index is 11.9. The number of hydrogen-bond acceptors (Lipinski definition) is 5. The van der Waals surface area contributed by atoms with Gasteiger partial charge in [0, 0.05) is 17.2 Å². The van der Waals surface area contributed by atoms with E-state index in [1.165, 1.54) is 11.3 Å². The standard InChI is InChI=1S/C15H18ClN3OS2/c1-10(2)9-21-15-19-18-14(22-15)17-13(20)8-5-11-3-6-12(16)7-4-11/h3-4,6-7,10H,5,8-9H2,1-2H3,(H,17,18,20). The molecule has 1 aromatic carbocycles. The number of benzene rings is 1. The van der Waals surface area contributed by atoms with Gasteiger partial charge >= 0.3 is 0 Å². The van der Waals surface area contributed by atoms with Gasteiger partial charge in [-0.15, -0.1) is 10.2 Å². The smallest absolute Gasteiger partial charge is 0.226 e. The molecule has 0 bridgehead atoms. The van der Waals surface area contributed by atoms with Crippen LogP contribution in [0.15, 0.2) is 28.6 Å². The molecule has 0 spiro atoms. The summed E-state index contributed by atoms with van der Waals surface area (Å²) in [4.78, 5) is 11.9. The maximum atomic E-state index is 11.9. The molecule has 0 saturated carbocycles. The molecular formula is C15H18ClN3OS2. The minimum atomic E-state index is -0.0495. The molecule has 0 radical (unpaired) electrons. The highest BCUT2D eigenvalue weighted by Crippen LogP contribution is 2.27. The van der Waals surface area contributed by atoms with Crippen LogP contribution < -0.4 is 5.32 Å². The number of hydrogen-bond donors (Lipinski definition) is 1. The number of aromatic nitrogens is 2. The molecule has 0 aliphatic carbocycles. The Morgan fingerprint density at radius 3 is 2.73 bits per heavy atom. The fourth-order valence-corrected chi connectivity index (χ4v) is 3.52. The fraction of sp³-hybridized carbons (Fsp3) is 0.400. The molecule has 2 rings (SSSR count). The first-order valence-electron chi connectivity index (χ1n) is 7.03. The van der Waals surface area contributed by atoms with Crippen molar-refractivity contribution in [2.75, 3.05) is 11.1 Å². The Kier molecular flexibility index (Phi) is 6.67. The highest BCUT2D eigenvalue weighted by Gasteiger charge is 2.09. The molecule has 0 saturated heterocycles. The fourth-order valence-electron chi connectivity index (χ4n) is 1.65. The van der Waals surface area contributed by atoms with Crippen LogP contribution in [0.5, 0.6) is 0 Å². The number of nitrogens with zero attached hydrogens (tertiary/aromatic N) is 2. The Hall–Kier alpha value is -1.11. The van der Waals surface area contributed by atoms with Crippen LogP contribution in [0.25, 0.3) is 0 Å². The van der Waals surface area contributed by atoms with E-state index in [0.29, 0.717) is 28.9 Å². The zero-order chi connectivity index (χ0) is 15.9. The van der Waals surface area contributed by atoms with Crippen LogP contribution in [0.3, 0.4) is 0 Å². The lowest BCUT2D eigenvalue weighted by molar-refractivity contribution is -0.116. The Morgan fingerprint density at radius 2 is 2.05 bits per heavy atom. The van der Waals surface area contributed by atoms with E-state index in [2.05, 4.69) is 29.4 Å². The average Bonchev–Trinajstić information content (AvgIpc) is 2.92. The van der Waals surface area contributed by atoms with Crippen LogP contribution in [0, 0.1) is 5.92 Å². The largest absolute Gasteiger partial charge is 0.300 e. The van der Waals surface area contributed by atoms with E-state index in [-0.39, 0.29) is 5.91 Å². The first-order chi connectivity index (χ1) is 10.5. The summed E-state index contributed by atoms with van der Waals surface area (Å²) in [6, 6.07) is 7.53. The summed E-state index contributed by atoms with van der Waals surface area (Å²) in [6.07, 6.45) is 1.09. The van der Waals surface area contributed by atoms with Gasteiger partial charge in [0.1, 0.15) is 0 Å². The van der Waals surface area contributed by atoms with Gasteiger partial charge < -0.3 is 5.32 Å². The Labute approximate surface area is 143 Å². The van der Waals surface area contributed by atoms with Crippen LogP contribution in [0.2, 0.25) is 5.02 Å². The Balaban J connectivity index is 1.78. The van der Waals surface area contributed by atoms with Gasteiger partial charge in [-0.05, 0) is 30.0 Å². The number of carbonyl (C=O) groups is 1. The van der Waals surface area contributed by atoms with Gasteiger partial charge in [0.15, 0.2) is 4.34 Å². The van der Waals surface area contributed by atoms with Crippen molar-refractivity contribution in [1.29, 1.82) is 0 Å². The second-order valence-corrected chi connectivity index (χ2v) is 7.93. The van der Waals surface area contributed by atoms with Crippen molar-refractivity contribution >= 4 is 45.7 Å². The molecular weight excluding hydrogens is 338 g/mol. The monoisotopic (exact) mass is 355 g/mol. The van der Waals surface area contributed by atoms with Crippen LogP contribution >= 0.6 is 34.7 Å². The number of aryl methyl sites for hydroxylation is 1. The van der Waals surface area contributed by atoms with Crippen LogP contribution in [-0.2, 0) is 11.2 Å². The third kappa shape index (κ3) is 5.94. The van der Waals surface area contributed by atoms with E-state index in [4.69, 9.17) is 11.6 Å². The molecule has 4 nitrogen and oxygen atoms in total. The van der Waals surface area contributed by atoms with Gasteiger partial charge in [-0.2, -0.15) is 0 Å². The van der Waals surface area contributed by atoms with E-state index in [1.54, 1.807) is 11.8 Å². The van der Waals surface area contributed by atoms with E-state index in [1.807, 2.05) is 24.3 Å². The van der Waals surface area contributed by atoms with Crippen molar-refractivity contribution in [3.05, 3.63) is 34.9 Å². The van der Waals surface area contributed by atoms with Gasteiger partial charge in [-0.25, -0.2) is 0 Å². The summed E-state index contributed by atoms with van der Waals surface area (Å²) < 4.78 is 0.890. The van der Waals surface area contributed by atoms with E-state index < -0.39 is 0 Å². The van der Waals surface area contributed by atoms with Gasteiger partial charge in [0.05, 0.1) is 0 Å². The maximum Gasteiger partial charge on any atom is 0.226 e. The molecule has 0 fully saturated rings. The number of rotatable bonds is 7. The quantitative estimate of drug-likeness (QED) is 0.586. The van der Waals surface area contributed by atoms with Crippen molar-refractivity contribution in [1.82, 2.24) is 10.2 Å². The third-order valence-corrected chi connectivity index (χ3v) is 5.40. The highest BCUT2D eigenvalue weighted by atomic mass is 35.5. The molecule has 22 heavy (non-hydrogen) atoms. The molecule has 0 unspecified atom stereocenters. The highest BCUT2D eigenvalue weighted by molar-refractivity contribution is 8.01. The number of halogens is 1. The molecule has 7 heteroatoms. The summed E-state index contributed by atoms with van der Waals surface area (Å²) in [5.74, 6) is 1.55. The Bertz CT molecular complexity index is 614. The SMILES string of the molecule is CC(C)CSc1nnc(NC(=O)CCc2ccc(Cl)cc2)s1. The molecule has 1 N–H and O–H groups in total. The third-order valence-electron chi connectivity index (χ3n) is 2.75. The lowest BCUT2D eigenvalue weighted by Gasteiger charge is -2.02. The first-order valence-corrected chi connectivity index (χ1v) is 9.21. The predicted octanol–water partition coefficient (Wildman–Crippen LogP) is 4.51.